The highest BCUT2D eigenvalue weighted by molar-refractivity contribution is 6.24. The number of hydrogen-bond acceptors (Lipinski definition) is 7. The molecule has 0 saturated carbocycles. The number of benzene rings is 1. The van der Waals surface area contributed by atoms with Crippen LogP contribution in [-0.2, 0) is 14.3 Å². The predicted octanol–water partition coefficient (Wildman–Crippen LogP) is 0.423. The second kappa shape index (κ2) is 4.72. The van der Waals surface area contributed by atoms with Crippen molar-refractivity contribution in [2.24, 2.45) is 0 Å². The average Bonchev–Trinajstić information content (AvgIpc) is 2.72. The lowest BCUT2D eigenvalue weighted by molar-refractivity contribution is -0.385. The molecule has 1 aromatic carbocycles. The maximum Gasteiger partial charge on any atom is 0.337 e. The van der Waals surface area contributed by atoms with E-state index < -0.39 is 40.4 Å². The van der Waals surface area contributed by atoms with E-state index >= 15 is 0 Å². The molecule has 9 nitrogen and oxygen atoms in total. The molecule has 1 unspecified atom stereocenters. The number of esters is 2. The van der Waals surface area contributed by atoms with E-state index in [2.05, 4.69) is 4.74 Å². The molecule has 0 aliphatic carbocycles. The molecule has 1 aromatic rings. The van der Waals surface area contributed by atoms with Gasteiger partial charge in [0.25, 0.3) is 17.5 Å². The molecule has 0 N–H and O–H groups in total. The highest BCUT2D eigenvalue weighted by atomic mass is 16.6. The minimum Gasteiger partial charge on any atom is -0.392 e. The van der Waals surface area contributed by atoms with Crippen LogP contribution in [0.3, 0.4) is 0 Å². The highest BCUT2D eigenvalue weighted by Gasteiger charge is 2.48. The zero-order valence-electron chi connectivity index (χ0n) is 11.0. The molecule has 0 bridgehead atoms. The van der Waals surface area contributed by atoms with Gasteiger partial charge in [-0.3, -0.25) is 29.4 Å². The van der Waals surface area contributed by atoms with E-state index in [4.69, 9.17) is 0 Å². The second-order valence-corrected chi connectivity index (χ2v) is 4.78. The molecule has 3 rings (SSSR count). The number of rotatable bonds is 2. The van der Waals surface area contributed by atoms with E-state index in [0.29, 0.717) is 4.90 Å². The van der Waals surface area contributed by atoms with E-state index in [-0.39, 0.29) is 24.0 Å². The Hall–Kier alpha value is -3.10. The van der Waals surface area contributed by atoms with Gasteiger partial charge in [0, 0.05) is 12.5 Å². The maximum atomic E-state index is 12.4. The topological polar surface area (TPSA) is 124 Å². The molecule has 1 fully saturated rings. The molecule has 22 heavy (non-hydrogen) atoms. The Balaban J connectivity index is 2.04. The third kappa shape index (κ3) is 1.86. The Morgan fingerprint density at radius 3 is 2.55 bits per heavy atom. The number of ether oxygens (including phenoxy) is 1. The van der Waals surface area contributed by atoms with Crippen molar-refractivity contribution in [1.29, 1.82) is 0 Å². The van der Waals surface area contributed by atoms with Crippen LogP contribution in [0, 0.1) is 10.1 Å². The van der Waals surface area contributed by atoms with Crippen LogP contribution in [0.4, 0.5) is 5.69 Å². The van der Waals surface area contributed by atoms with Gasteiger partial charge < -0.3 is 4.74 Å². The number of hydrogen-bond donors (Lipinski definition) is 0. The van der Waals surface area contributed by atoms with E-state index in [1.807, 2.05) is 0 Å². The van der Waals surface area contributed by atoms with Gasteiger partial charge in [0.2, 0.25) is 0 Å². The molecule has 2 amide bonds. The summed E-state index contributed by atoms with van der Waals surface area (Å²) in [5.74, 6) is -3.47. The summed E-state index contributed by atoms with van der Waals surface area (Å²) < 4.78 is 4.43. The molecule has 1 atom stereocenters. The fraction of sp³-hybridized carbons (Fsp3) is 0.231. The Labute approximate surface area is 122 Å². The van der Waals surface area contributed by atoms with Crippen LogP contribution < -0.4 is 0 Å². The van der Waals surface area contributed by atoms with E-state index in [1.165, 1.54) is 12.1 Å². The van der Waals surface area contributed by atoms with Gasteiger partial charge in [-0.15, -0.1) is 0 Å². The van der Waals surface area contributed by atoms with Crippen LogP contribution in [0.2, 0.25) is 0 Å². The van der Waals surface area contributed by atoms with Crippen molar-refractivity contribution in [3.63, 3.8) is 0 Å². The summed E-state index contributed by atoms with van der Waals surface area (Å²) in [6.45, 7) is 0. The molecule has 9 heteroatoms. The van der Waals surface area contributed by atoms with Crippen molar-refractivity contribution < 1.29 is 28.8 Å². The van der Waals surface area contributed by atoms with Crippen LogP contribution >= 0.6 is 0 Å². The Kier molecular flexibility index (Phi) is 2.98. The number of imide groups is 1. The third-order valence-corrected chi connectivity index (χ3v) is 3.54. The van der Waals surface area contributed by atoms with Gasteiger partial charge >= 0.3 is 11.9 Å². The van der Waals surface area contributed by atoms with Gasteiger partial charge in [0.15, 0.2) is 0 Å². The fourth-order valence-electron chi connectivity index (χ4n) is 2.56. The monoisotopic (exact) mass is 304 g/mol. The van der Waals surface area contributed by atoms with Crippen LogP contribution in [0.1, 0.15) is 33.6 Å². The van der Waals surface area contributed by atoms with Crippen LogP contribution in [0.15, 0.2) is 18.2 Å². The van der Waals surface area contributed by atoms with Gasteiger partial charge in [-0.25, -0.2) is 4.79 Å². The number of amides is 2. The normalized spacial score (nSPS) is 20.9. The largest absolute Gasteiger partial charge is 0.392 e. The smallest absolute Gasteiger partial charge is 0.337 e. The standard InChI is InChI=1S/C13H8N2O7/c16-9-5-4-8(13(19)22-9)14-11(17)6-2-1-3-7(15(20)21)10(6)12(14)18/h1-3,8H,4-5H2. The summed E-state index contributed by atoms with van der Waals surface area (Å²) in [5.41, 5.74) is -0.982. The van der Waals surface area contributed by atoms with Crippen molar-refractivity contribution in [2.75, 3.05) is 0 Å². The first-order valence-corrected chi connectivity index (χ1v) is 6.31. The number of carbonyl (C=O) groups excluding carboxylic acids is 4. The maximum absolute atomic E-state index is 12.4. The molecule has 2 aliphatic heterocycles. The van der Waals surface area contributed by atoms with Gasteiger partial charge in [0.05, 0.1) is 10.5 Å². The van der Waals surface area contributed by atoms with Gasteiger partial charge in [0.1, 0.15) is 11.6 Å². The van der Waals surface area contributed by atoms with Crippen molar-refractivity contribution in [3.8, 4) is 0 Å². The third-order valence-electron chi connectivity index (χ3n) is 3.54. The summed E-state index contributed by atoms with van der Waals surface area (Å²) in [5, 5.41) is 11.0. The minimum absolute atomic E-state index is 0.0586. The Morgan fingerprint density at radius 2 is 1.91 bits per heavy atom. The summed E-state index contributed by atoms with van der Waals surface area (Å²) in [6, 6.07) is 2.43. The number of carbonyl (C=O) groups is 4. The fourth-order valence-corrected chi connectivity index (χ4v) is 2.56. The van der Waals surface area contributed by atoms with Crippen molar-refractivity contribution >= 4 is 29.4 Å². The van der Waals surface area contributed by atoms with Crippen LogP contribution in [-0.4, -0.2) is 39.6 Å². The molecule has 2 heterocycles. The molecule has 0 radical (unpaired) electrons. The summed E-state index contributed by atoms with van der Waals surface area (Å²) in [7, 11) is 0. The lowest BCUT2D eigenvalue weighted by Crippen LogP contribution is -2.48. The molecule has 2 aliphatic rings. The van der Waals surface area contributed by atoms with Gasteiger partial charge in [-0.05, 0) is 12.5 Å². The molecule has 0 aromatic heterocycles. The first-order valence-electron chi connectivity index (χ1n) is 6.31. The number of cyclic esters (lactones) is 2. The lowest BCUT2D eigenvalue weighted by Gasteiger charge is -2.26. The number of nitro groups is 1. The zero-order valence-corrected chi connectivity index (χ0v) is 11.0. The summed E-state index contributed by atoms with van der Waals surface area (Å²) in [6.07, 6.45) is -0.178. The molecule has 112 valence electrons. The van der Waals surface area contributed by atoms with Crippen molar-refractivity contribution in [3.05, 3.63) is 39.4 Å². The average molecular weight is 304 g/mol. The van der Waals surface area contributed by atoms with E-state index in [0.717, 1.165) is 6.07 Å². The Bertz CT molecular complexity index is 755. The summed E-state index contributed by atoms with van der Waals surface area (Å²) >= 11 is 0. The van der Waals surface area contributed by atoms with Crippen LogP contribution in [0.25, 0.3) is 0 Å². The predicted molar refractivity (Wildman–Crippen MR) is 67.7 cm³/mol. The molecular weight excluding hydrogens is 296 g/mol. The summed E-state index contributed by atoms with van der Waals surface area (Å²) in [4.78, 5) is 58.3. The van der Waals surface area contributed by atoms with Gasteiger partial charge in [-0.1, -0.05) is 6.07 Å². The zero-order chi connectivity index (χ0) is 16.0. The first kappa shape index (κ1) is 13.9. The van der Waals surface area contributed by atoms with Gasteiger partial charge in [-0.2, -0.15) is 0 Å². The first-order chi connectivity index (χ1) is 10.4. The second-order valence-electron chi connectivity index (χ2n) is 4.78. The number of nitrogens with zero attached hydrogens (tertiary/aromatic N) is 2. The van der Waals surface area contributed by atoms with E-state index in [9.17, 15) is 29.3 Å². The molecule has 1 saturated heterocycles. The van der Waals surface area contributed by atoms with Crippen LogP contribution in [0.5, 0.6) is 0 Å². The highest BCUT2D eigenvalue weighted by Crippen LogP contribution is 2.33. The number of fused-ring (bicyclic) bond motifs is 1. The van der Waals surface area contributed by atoms with Crippen molar-refractivity contribution in [2.45, 2.75) is 18.9 Å². The SMILES string of the molecule is O=C1CCC(N2C(=O)c3cccc([N+](=O)[O-])c3C2=O)C(=O)O1. The Morgan fingerprint density at radius 1 is 1.18 bits per heavy atom. The molecule has 0 spiro atoms. The quantitative estimate of drug-likeness (QED) is 0.255. The van der Waals surface area contributed by atoms with Crippen molar-refractivity contribution in [1.82, 2.24) is 4.90 Å². The number of nitro benzene ring substituents is 1. The lowest BCUT2D eigenvalue weighted by atomic mass is 10.1. The minimum atomic E-state index is -1.25. The van der Waals surface area contributed by atoms with E-state index in [1.54, 1.807) is 0 Å². The molecular formula is C13H8N2O7.